The van der Waals surface area contributed by atoms with Crippen LogP contribution >= 0.6 is 11.8 Å². The van der Waals surface area contributed by atoms with Crippen LogP contribution in [0.3, 0.4) is 0 Å². The summed E-state index contributed by atoms with van der Waals surface area (Å²) in [5.74, 6) is 1.49. The lowest BCUT2D eigenvalue weighted by atomic mass is 10.3. The first kappa shape index (κ1) is 13.5. The van der Waals surface area contributed by atoms with Gasteiger partial charge in [-0.15, -0.1) is 10.2 Å². The van der Waals surface area contributed by atoms with Crippen molar-refractivity contribution in [2.24, 2.45) is 0 Å². The van der Waals surface area contributed by atoms with Crippen molar-refractivity contribution < 1.29 is 9.15 Å². The number of hydrogen-bond acceptors (Lipinski definition) is 7. The summed E-state index contributed by atoms with van der Waals surface area (Å²) < 4.78 is 11.0. The van der Waals surface area contributed by atoms with Gasteiger partial charge in [-0.25, -0.2) is 0 Å². The number of rotatable bonds is 5. The molecule has 0 saturated carbocycles. The minimum absolute atomic E-state index is 0.543. The van der Waals surface area contributed by atoms with Crippen LogP contribution in [0.1, 0.15) is 0 Å². The molecular weight excluding hydrogens is 276 g/mol. The van der Waals surface area contributed by atoms with Gasteiger partial charge < -0.3 is 9.15 Å². The van der Waals surface area contributed by atoms with Crippen LogP contribution in [0.25, 0.3) is 11.5 Å². The summed E-state index contributed by atoms with van der Waals surface area (Å²) in [6.07, 6.45) is 3.43. The van der Waals surface area contributed by atoms with E-state index in [2.05, 4.69) is 20.1 Å². The van der Waals surface area contributed by atoms with Crippen molar-refractivity contribution in [3.63, 3.8) is 0 Å². The maximum Gasteiger partial charge on any atom is 0.276 e. The monoisotopic (exact) mass is 292 g/mol. The fourth-order valence-corrected chi connectivity index (χ4v) is 2.73. The molecule has 3 rings (SSSR count). The predicted molar refractivity (Wildman–Crippen MR) is 75.5 cm³/mol. The minimum atomic E-state index is 0.543. The van der Waals surface area contributed by atoms with E-state index < -0.39 is 0 Å². The summed E-state index contributed by atoms with van der Waals surface area (Å²) in [5, 5.41) is 8.73. The second kappa shape index (κ2) is 6.83. The number of thioether (sulfide) groups is 1. The number of ether oxygens (including phenoxy) is 1. The quantitative estimate of drug-likeness (QED) is 0.775. The van der Waals surface area contributed by atoms with Crippen molar-refractivity contribution in [2.45, 2.75) is 5.22 Å². The first-order valence-electron chi connectivity index (χ1n) is 6.58. The lowest BCUT2D eigenvalue weighted by Crippen LogP contribution is -2.37. The van der Waals surface area contributed by atoms with Gasteiger partial charge in [-0.1, -0.05) is 11.8 Å². The van der Waals surface area contributed by atoms with Crippen molar-refractivity contribution in [3.8, 4) is 11.5 Å². The molecule has 1 fully saturated rings. The molecule has 106 valence electrons. The Bertz CT molecular complexity index is 528. The number of morpholine rings is 1. The van der Waals surface area contributed by atoms with Crippen LogP contribution < -0.4 is 0 Å². The van der Waals surface area contributed by atoms with E-state index in [0.717, 1.165) is 44.2 Å². The highest BCUT2D eigenvalue weighted by molar-refractivity contribution is 7.99. The Morgan fingerprint density at radius 3 is 2.75 bits per heavy atom. The summed E-state index contributed by atoms with van der Waals surface area (Å²) in [6.45, 7) is 4.69. The van der Waals surface area contributed by atoms with E-state index in [0.29, 0.717) is 11.1 Å². The Balaban J connectivity index is 1.50. The molecule has 2 aromatic rings. The van der Waals surface area contributed by atoms with Gasteiger partial charge in [0.25, 0.3) is 5.22 Å². The molecule has 0 amide bonds. The SMILES string of the molecule is c1cc(-c2nnc(SCCN3CCOCC3)o2)ccn1. The second-order valence-electron chi connectivity index (χ2n) is 4.41. The molecule has 0 atom stereocenters. The molecule has 0 aromatic carbocycles. The molecule has 6 nitrogen and oxygen atoms in total. The van der Waals surface area contributed by atoms with Crippen LogP contribution in [-0.2, 0) is 4.74 Å². The van der Waals surface area contributed by atoms with E-state index in [-0.39, 0.29) is 0 Å². The highest BCUT2D eigenvalue weighted by Crippen LogP contribution is 2.22. The molecule has 0 unspecified atom stereocenters. The van der Waals surface area contributed by atoms with Gasteiger partial charge in [0, 0.05) is 43.3 Å². The molecule has 0 aliphatic carbocycles. The van der Waals surface area contributed by atoms with Crippen molar-refractivity contribution >= 4 is 11.8 Å². The maximum absolute atomic E-state index is 5.63. The van der Waals surface area contributed by atoms with Gasteiger partial charge in [-0.05, 0) is 12.1 Å². The molecule has 2 aromatic heterocycles. The smallest absolute Gasteiger partial charge is 0.276 e. The highest BCUT2D eigenvalue weighted by atomic mass is 32.2. The van der Waals surface area contributed by atoms with Gasteiger partial charge in [-0.3, -0.25) is 9.88 Å². The first-order chi connectivity index (χ1) is 9.92. The van der Waals surface area contributed by atoms with Gasteiger partial charge in [0.05, 0.1) is 13.2 Å². The zero-order valence-corrected chi connectivity index (χ0v) is 11.9. The standard InChI is InChI=1S/C13H16N4O2S/c1-3-14-4-2-11(1)12-15-16-13(19-12)20-10-7-17-5-8-18-9-6-17/h1-4H,5-10H2. The lowest BCUT2D eigenvalue weighted by molar-refractivity contribution is 0.0410. The van der Waals surface area contributed by atoms with Crippen molar-refractivity contribution in [1.29, 1.82) is 0 Å². The second-order valence-corrected chi connectivity index (χ2v) is 5.46. The normalized spacial score (nSPS) is 16.4. The largest absolute Gasteiger partial charge is 0.411 e. The van der Waals surface area contributed by atoms with Crippen molar-refractivity contribution in [1.82, 2.24) is 20.1 Å². The summed E-state index contributed by atoms with van der Waals surface area (Å²) in [5.41, 5.74) is 0.896. The molecule has 1 saturated heterocycles. The van der Waals surface area contributed by atoms with Gasteiger partial charge in [0.2, 0.25) is 5.89 Å². The average molecular weight is 292 g/mol. The topological polar surface area (TPSA) is 64.3 Å². The Hall–Kier alpha value is -1.44. The minimum Gasteiger partial charge on any atom is -0.411 e. The Morgan fingerprint density at radius 2 is 1.95 bits per heavy atom. The summed E-state index contributed by atoms with van der Waals surface area (Å²) in [7, 11) is 0. The van der Waals surface area contributed by atoms with Crippen LogP contribution in [0.2, 0.25) is 0 Å². The maximum atomic E-state index is 5.63. The summed E-state index contributed by atoms with van der Waals surface area (Å²) in [6, 6.07) is 3.71. The molecule has 1 aliphatic rings. The average Bonchev–Trinajstić information content (AvgIpc) is 2.98. The third kappa shape index (κ3) is 3.56. The van der Waals surface area contributed by atoms with Crippen LogP contribution in [0.4, 0.5) is 0 Å². The van der Waals surface area contributed by atoms with Gasteiger partial charge in [0.1, 0.15) is 0 Å². The lowest BCUT2D eigenvalue weighted by Gasteiger charge is -2.25. The Morgan fingerprint density at radius 1 is 1.15 bits per heavy atom. The number of aromatic nitrogens is 3. The molecule has 1 aliphatic heterocycles. The molecule has 0 radical (unpaired) electrons. The van der Waals surface area contributed by atoms with E-state index in [4.69, 9.17) is 9.15 Å². The van der Waals surface area contributed by atoms with Crippen molar-refractivity contribution in [3.05, 3.63) is 24.5 Å². The third-order valence-electron chi connectivity index (χ3n) is 3.07. The molecule has 7 heteroatoms. The number of nitrogens with zero attached hydrogens (tertiary/aromatic N) is 4. The van der Waals surface area contributed by atoms with E-state index in [9.17, 15) is 0 Å². The fourth-order valence-electron chi connectivity index (χ4n) is 1.97. The number of hydrogen-bond donors (Lipinski definition) is 0. The molecule has 3 heterocycles. The van der Waals surface area contributed by atoms with Gasteiger partial charge in [-0.2, -0.15) is 0 Å². The zero-order chi connectivity index (χ0) is 13.6. The fraction of sp³-hybridized carbons (Fsp3) is 0.462. The summed E-state index contributed by atoms with van der Waals surface area (Å²) in [4.78, 5) is 6.35. The van der Waals surface area contributed by atoms with E-state index in [1.165, 1.54) is 0 Å². The van der Waals surface area contributed by atoms with E-state index in [1.54, 1.807) is 24.2 Å². The Labute approximate surface area is 121 Å². The van der Waals surface area contributed by atoms with Crippen LogP contribution in [0.5, 0.6) is 0 Å². The van der Waals surface area contributed by atoms with Gasteiger partial charge in [0.15, 0.2) is 0 Å². The van der Waals surface area contributed by atoms with Gasteiger partial charge >= 0.3 is 0 Å². The molecule has 0 bridgehead atoms. The molecule has 0 N–H and O–H groups in total. The van der Waals surface area contributed by atoms with E-state index >= 15 is 0 Å². The first-order valence-corrected chi connectivity index (χ1v) is 7.57. The Kier molecular flexibility index (Phi) is 4.62. The molecule has 0 spiro atoms. The molecule has 20 heavy (non-hydrogen) atoms. The van der Waals surface area contributed by atoms with Crippen molar-refractivity contribution in [2.75, 3.05) is 38.6 Å². The van der Waals surface area contributed by atoms with Crippen LogP contribution in [0, 0.1) is 0 Å². The number of pyridine rings is 1. The van der Waals surface area contributed by atoms with Crippen LogP contribution in [-0.4, -0.2) is 58.7 Å². The molecular formula is C13H16N4O2S. The summed E-state index contributed by atoms with van der Waals surface area (Å²) >= 11 is 1.59. The van der Waals surface area contributed by atoms with E-state index in [1.807, 2.05) is 12.1 Å². The zero-order valence-electron chi connectivity index (χ0n) is 11.1. The van der Waals surface area contributed by atoms with Crippen LogP contribution in [0.15, 0.2) is 34.2 Å². The highest BCUT2D eigenvalue weighted by Gasteiger charge is 2.12. The predicted octanol–water partition coefficient (Wildman–Crippen LogP) is 1.56. The third-order valence-corrected chi connectivity index (χ3v) is 3.87.